The normalized spacial score (nSPS) is 39.0. The molecule has 0 radical (unpaired) electrons. The third-order valence-corrected chi connectivity index (χ3v) is 5.63. The molecule has 4 unspecified atom stereocenters. The van der Waals surface area contributed by atoms with Crippen molar-refractivity contribution in [2.45, 2.75) is 71.1 Å². The Morgan fingerprint density at radius 3 is 2.58 bits per heavy atom. The number of nitrogens with one attached hydrogen (secondary N) is 3. The zero-order chi connectivity index (χ0) is 17.3. The Hall–Kier alpha value is -0.240. The summed E-state index contributed by atoms with van der Waals surface area (Å²) in [5.74, 6) is 0.587. The van der Waals surface area contributed by atoms with Crippen molar-refractivity contribution in [3.63, 3.8) is 0 Å². The number of likely N-dealkylation sites (tertiary alicyclic amines) is 1. The van der Waals surface area contributed by atoms with E-state index in [1.807, 2.05) is 0 Å². The van der Waals surface area contributed by atoms with Gasteiger partial charge in [-0.3, -0.25) is 20.0 Å². The lowest BCUT2D eigenvalue weighted by Crippen LogP contribution is -2.54. The molecule has 24 heavy (non-hydrogen) atoms. The highest BCUT2D eigenvalue weighted by Gasteiger charge is 2.41. The van der Waals surface area contributed by atoms with E-state index in [1.54, 1.807) is 0 Å². The van der Waals surface area contributed by atoms with Crippen LogP contribution in [-0.2, 0) is 4.84 Å². The molecule has 0 aliphatic carbocycles. The molecular weight excluding hydrogens is 302 g/mol. The molecule has 3 heterocycles. The summed E-state index contributed by atoms with van der Waals surface area (Å²) in [6.45, 7) is 10.3. The first kappa shape index (κ1) is 18.5. The Kier molecular flexibility index (Phi) is 5.84. The average molecular weight is 340 g/mol. The molecule has 0 saturated carbocycles. The first-order valence-corrected chi connectivity index (χ1v) is 9.64. The van der Waals surface area contributed by atoms with Crippen LogP contribution in [0.15, 0.2) is 0 Å². The Labute approximate surface area is 147 Å². The zero-order valence-corrected chi connectivity index (χ0v) is 16.1. The minimum atomic E-state index is 0.117. The molecule has 3 rings (SSSR count). The van der Waals surface area contributed by atoms with Gasteiger partial charge in [-0.15, -0.1) is 0 Å². The first-order chi connectivity index (χ1) is 11.3. The van der Waals surface area contributed by atoms with Crippen LogP contribution in [-0.4, -0.2) is 68.1 Å². The minimum absolute atomic E-state index is 0.117. The van der Waals surface area contributed by atoms with E-state index < -0.39 is 0 Å². The van der Waals surface area contributed by atoms with Crippen LogP contribution in [0.25, 0.3) is 0 Å². The van der Waals surface area contributed by atoms with E-state index in [0.29, 0.717) is 23.5 Å². The smallest absolute Gasteiger partial charge is 0.146 e. The number of hydrogen-bond acceptors (Lipinski definition) is 6. The molecule has 140 valence electrons. The van der Waals surface area contributed by atoms with E-state index in [4.69, 9.17) is 4.84 Å². The Morgan fingerprint density at radius 2 is 1.96 bits per heavy atom. The van der Waals surface area contributed by atoms with E-state index >= 15 is 0 Å². The van der Waals surface area contributed by atoms with E-state index in [0.717, 1.165) is 13.1 Å². The van der Waals surface area contributed by atoms with Gasteiger partial charge in [0, 0.05) is 19.0 Å². The van der Waals surface area contributed by atoms with Gasteiger partial charge in [-0.1, -0.05) is 20.8 Å². The summed E-state index contributed by atoms with van der Waals surface area (Å²) in [5.41, 5.74) is 3.63. The second kappa shape index (κ2) is 7.56. The van der Waals surface area contributed by atoms with Crippen molar-refractivity contribution >= 4 is 0 Å². The molecule has 0 bridgehead atoms. The Morgan fingerprint density at radius 1 is 1.17 bits per heavy atom. The largest absolute Gasteiger partial charge is 0.301 e. The number of nitrogens with zero attached hydrogens (tertiary/aromatic N) is 2. The third-order valence-electron chi connectivity index (χ3n) is 5.63. The average Bonchev–Trinajstić information content (AvgIpc) is 3.14. The van der Waals surface area contributed by atoms with Gasteiger partial charge in [0.2, 0.25) is 0 Å². The zero-order valence-electron chi connectivity index (χ0n) is 16.1. The van der Waals surface area contributed by atoms with E-state index in [1.165, 1.54) is 32.2 Å². The van der Waals surface area contributed by atoms with Gasteiger partial charge < -0.3 is 5.32 Å². The minimum Gasteiger partial charge on any atom is -0.301 e. The highest BCUT2D eigenvalue weighted by molar-refractivity contribution is 4.92. The highest BCUT2D eigenvalue weighted by Crippen LogP contribution is 2.28. The second-order valence-electron chi connectivity index (χ2n) is 9.27. The highest BCUT2D eigenvalue weighted by atomic mass is 16.7. The molecule has 6 heteroatoms. The summed E-state index contributed by atoms with van der Waals surface area (Å²) in [5, 5.41) is 7.38. The van der Waals surface area contributed by atoms with Crippen LogP contribution in [0.2, 0.25) is 0 Å². The fourth-order valence-corrected chi connectivity index (χ4v) is 4.40. The topological polar surface area (TPSA) is 51.8 Å². The van der Waals surface area contributed by atoms with Crippen LogP contribution in [0.3, 0.4) is 0 Å². The number of piperidine rings is 1. The molecule has 3 saturated heterocycles. The lowest BCUT2D eigenvalue weighted by atomic mass is 9.94. The molecule has 0 aromatic heterocycles. The van der Waals surface area contributed by atoms with Gasteiger partial charge in [0.05, 0.1) is 18.4 Å². The van der Waals surface area contributed by atoms with Crippen LogP contribution in [0.1, 0.15) is 46.5 Å². The maximum absolute atomic E-state index is 5.98. The monoisotopic (exact) mass is 339 g/mol. The van der Waals surface area contributed by atoms with E-state index in [9.17, 15) is 0 Å². The predicted octanol–water partition coefficient (Wildman–Crippen LogP) is 1.16. The van der Waals surface area contributed by atoms with Crippen molar-refractivity contribution in [2.24, 2.45) is 11.3 Å². The molecule has 3 N–H and O–H groups in total. The summed E-state index contributed by atoms with van der Waals surface area (Å²) < 4.78 is 0. The van der Waals surface area contributed by atoms with Crippen LogP contribution in [0.4, 0.5) is 0 Å². The van der Waals surface area contributed by atoms with Crippen LogP contribution < -0.4 is 16.1 Å². The summed E-state index contributed by atoms with van der Waals surface area (Å²) in [4.78, 5) is 10.9. The van der Waals surface area contributed by atoms with Gasteiger partial charge in [-0.25, -0.2) is 0 Å². The van der Waals surface area contributed by atoms with Crippen molar-refractivity contribution in [1.82, 2.24) is 25.9 Å². The first-order valence-electron chi connectivity index (χ1n) is 9.64. The summed E-state index contributed by atoms with van der Waals surface area (Å²) in [7, 11) is 4.29. The van der Waals surface area contributed by atoms with Crippen molar-refractivity contribution in [3.8, 4) is 0 Å². The molecule has 0 aromatic rings. The van der Waals surface area contributed by atoms with Crippen molar-refractivity contribution in [2.75, 3.05) is 33.7 Å². The second-order valence-corrected chi connectivity index (χ2v) is 9.27. The number of hydroxylamine groups is 1. The standard InChI is InChI=1S/C18H37N5O/c1-18(2,3)12-23-10-6-7-14(23)17-20-16(21-24-17)13-8-9-15(19-11-13)22(4)5/h13-17,19-21H,6-12H2,1-5H3/t13?,14-,15?,16?,17?/m0/s1. The van der Waals surface area contributed by atoms with Crippen molar-refractivity contribution in [3.05, 3.63) is 0 Å². The van der Waals surface area contributed by atoms with Gasteiger partial charge in [-0.2, -0.15) is 5.48 Å². The molecule has 0 spiro atoms. The van der Waals surface area contributed by atoms with Gasteiger partial charge in [0.15, 0.2) is 0 Å². The van der Waals surface area contributed by atoms with Crippen LogP contribution in [0.5, 0.6) is 0 Å². The molecule has 3 aliphatic rings. The molecule has 0 aromatic carbocycles. The predicted molar refractivity (Wildman–Crippen MR) is 97.2 cm³/mol. The fraction of sp³-hybridized carbons (Fsp3) is 1.00. The van der Waals surface area contributed by atoms with Crippen LogP contribution in [0, 0.1) is 11.3 Å². The molecule has 3 aliphatic heterocycles. The number of hydrogen-bond donors (Lipinski definition) is 3. The SMILES string of the molecule is CN(C)C1CCC(C2NOC([C@@H]3CCCN3CC(C)(C)C)N2)CN1. The molecule has 5 atom stereocenters. The fourth-order valence-electron chi connectivity index (χ4n) is 4.40. The van der Waals surface area contributed by atoms with E-state index in [2.05, 4.69) is 60.8 Å². The summed E-state index contributed by atoms with van der Waals surface area (Å²) in [6, 6.07) is 0.493. The molecule has 0 amide bonds. The van der Waals surface area contributed by atoms with Crippen LogP contribution >= 0.6 is 0 Å². The number of rotatable bonds is 4. The lowest BCUT2D eigenvalue weighted by Gasteiger charge is -2.36. The maximum Gasteiger partial charge on any atom is 0.146 e. The van der Waals surface area contributed by atoms with Gasteiger partial charge in [0.25, 0.3) is 0 Å². The lowest BCUT2D eigenvalue weighted by molar-refractivity contribution is -0.0288. The molecule has 6 nitrogen and oxygen atoms in total. The summed E-state index contributed by atoms with van der Waals surface area (Å²) in [6.07, 6.45) is 5.83. The maximum atomic E-state index is 5.98. The van der Waals surface area contributed by atoms with Gasteiger partial charge >= 0.3 is 0 Å². The molecular formula is C18H37N5O. The Bertz CT molecular complexity index is 403. The van der Waals surface area contributed by atoms with Crippen molar-refractivity contribution in [1.29, 1.82) is 0 Å². The quantitative estimate of drug-likeness (QED) is 0.715. The Balaban J connectivity index is 1.50. The third kappa shape index (κ3) is 4.48. The van der Waals surface area contributed by atoms with Gasteiger partial charge in [-0.05, 0) is 51.7 Å². The van der Waals surface area contributed by atoms with E-state index in [-0.39, 0.29) is 12.4 Å². The van der Waals surface area contributed by atoms with Crippen molar-refractivity contribution < 1.29 is 4.84 Å². The summed E-state index contributed by atoms with van der Waals surface area (Å²) >= 11 is 0. The van der Waals surface area contributed by atoms with Gasteiger partial charge in [0.1, 0.15) is 6.23 Å². The molecule has 3 fully saturated rings.